The highest BCUT2D eigenvalue weighted by Crippen LogP contribution is 2.17. The normalized spacial score (nSPS) is 29.3. The summed E-state index contributed by atoms with van der Waals surface area (Å²) >= 11 is 0. The van der Waals surface area contributed by atoms with E-state index in [4.69, 9.17) is 5.73 Å². The molecule has 0 aromatic heterocycles. The van der Waals surface area contributed by atoms with Gasteiger partial charge in [0.05, 0.1) is 6.04 Å². The van der Waals surface area contributed by atoms with Crippen LogP contribution in [-0.2, 0) is 4.79 Å². The van der Waals surface area contributed by atoms with Crippen molar-refractivity contribution in [2.24, 2.45) is 5.73 Å². The third kappa shape index (κ3) is 2.69. The standard InChI is InChI=1S/C11H23N3O/c1-4-14-9(2)6-8-13(3)11(15)10(14)5-7-12/h9-10H,4-8,12H2,1-3H3. The van der Waals surface area contributed by atoms with Gasteiger partial charge in [0.1, 0.15) is 0 Å². The monoisotopic (exact) mass is 213 g/mol. The minimum absolute atomic E-state index is 0.0116. The van der Waals surface area contributed by atoms with Crippen molar-refractivity contribution in [3.63, 3.8) is 0 Å². The Labute approximate surface area is 92.4 Å². The summed E-state index contributed by atoms with van der Waals surface area (Å²) in [6.45, 7) is 6.66. The molecule has 1 saturated heterocycles. The molecule has 0 bridgehead atoms. The van der Waals surface area contributed by atoms with Gasteiger partial charge in [-0.25, -0.2) is 0 Å². The van der Waals surface area contributed by atoms with Gasteiger partial charge in [-0.1, -0.05) is 6.92 Å². The topological polar surface area (TPSA) is 49.6 Å². The Morgan fingerprint density at radius 2 is 2.20 bits per heavy atom. The Hall–Kier alpha value is -0.610. The third-order valence-corrected chi connectivity index (χ3v) is 3.32. The number of carbonyl (C=O) groups is 1. The summed E-state index contributed by atoms with van der Waals surface area (Å²) in [7, 11) is 1.89. The van der Waals surface area contributed by atoms with Crippen LogP contribution in [-0.4, -0.2) is 54.5 Å². The van der Waals surface area contributed by atoms with E-state index in [2.05, 4.69) is 18.7 Å². The Morgan fingerprint density at radius 1 is 1.53 bits per heavy atom. The highest BCUT2D eigenvalue weighted by molar-refractivity contribution is 5.82. The predicted molar refractivity (Wildman–Crippen MR) is 61.6 cm³/mol. The molecule has 0 aliphatic carbocycles. The van der Waals surface area contributed by atoms with Crippen LogP contribution in [0, 0.1) is 0 Å². The van der Waals surface area contributed by atoms with Crippen molar-refractivity contribution >= 4 is 5.91 Å². The largest absolute Gasteiger partial charge is 0.344 e. The maximum Gasteiger partial charge on any atom is 0.239 e. The van der Waals surface area contributed by atoms with Gasteiger partial charge in [0.25, 0.3) is 0 Å². The first-order valence-electron chi connectivity index (χ1n) is 5.82. The number of nitrogens with zero attached hydrogens (tertiary/aromatic N) is 2. The lowest BCUT2D eigenvalue weighted by atomic mass is 10.1. The fraction of sp³-hybridized carbons (Fsp3) is 0.909. The third-order valence-electron chi connectivity index (χ3n) is 3.32. The number of rotatable bonds is 3. The van der Waals surface area contributed by atoms with E-state index >= 15 is 0 Å². The fourth-order valence-corrected chi connectivity index (χ4v) is 2.34. The van der Waals surface area contributed by atoms with Gasteiger partial charge in [-0.05, 0) is 32.9 Å². The minimum atomic E-state index is -0.0116. The van der Waals surface area contributed by atoms with Crippen molar-refractivity contribution in [3.8, 4) is 0 Å². The van der Waals surface area contributed by atoms with E-state index in [0.29, 0.717) is 12.6 Å². The van der Waals surface area contributed by atoms with Gasteiger partial charge < -0.3 is 10.6 Å². The van der Waals surface area contributed by atoms with Gasteiger partial charge in [-0.2, -0.15) is 0 Å². The van der Waals surface area contributed by atoms with Crippen LogP contribution < -0.4 is 5.73 Å². The fourth-order valence-electron chi connectivity index (χ4n) is 2.34. The maximum atomic E-state index is 12.1. The average molecular weight is 213 g/mol. The minimum Gasteiger partial charge on any atom is -0.344 e. The van der Waals surface area contributed by atoms with Crippen LogP contribution in [0.3, 0.4) is 0 Å². The number of hydrogen-bond acceptors (Lipinski definition) is 3. The molecule has 15 heavy (non-hydrogen) atoms. The van der Waals surface area contributed by atoms with E-state index in [-0.39, 0.29) is 11.9 Å². The van der Waals surface area contributed by atoms with Crippen molar-refractivity contribution in [2.75, 3.05) is 26.7 Å². The summed E-state index contributed by atoms with van der Waals surface area (Å²) in [5.74, 6) is 0.228. The molecule has 1 aliphatic rings. The van der Waals surface area contributed by atoms with Gasteiger partial charge in [-0.15, -0.1) is 0 Å². The average Bonchev–Trinajstić information content (AvgIpc) is 2.32. The van der Waals surface area contributed by atoms with E-state index in [0.717, 1.165) is 25.9 Å². The zero-order chi connectivity index (χ0) is 11.4. The summed E-state index contributed by atoms with van der Waals surface area (Å²) in [5.41, 5.74) is 5.58. The Balaban J connectivity index is 2.83. The first-order chi connectivity index (χ1) is 7.11. The van der Waals surface area contributed by atoms with E-state index in [1.54, 1.807) is 0 Å². The Morgan fingerprint density at radius 3 is 2.73 bits per heavy atom. The van der Waals surface area contributed by atoms with Gasteiger partial charge >= 0.3 is 0 Å². The smallest absolute Gasteiger partial charge is 0.239 e. The van der Waals surface area contributed by atoms with Crippen LogP contribution in [0.2, 0.25) is 0 Å². The number of likely N-dealkylation sites (N-methyl/N-ethyl adjacent to an activating group) is 2. The second kappa shape index (κ2) is 5.47. The van der Waals surface area contributed by atoms with Crippen molar-refractivity contribution < 1.29 is 4.79 Å². The molecule has 4 nitrogen and oxygen atoms in total. The molecule has 0 spiro atoms. The summed E-state index contributed by atoms with van der Waals surface area (Å²) in [6.07, 6.45) is 1.82. The number of amides is 1. The van der Waals surface area contributed by atoms with Crippen molar-refractivity contribution in [3.05, 3.63) is 0 Å². The molecular weight excluding hydrogens is 190 g/mol. The molecular formula is C11H23N3O. The molecule has 1 aliphatic heterocycles. The highest BCUT2D eigenvalue weighted by Gasteiger charge is 2.32. The summed E-state index contributed by atoms with van der Waals surface area (Å²) in [4.78, 5) is 16.2. The highest BCUT2D eigenvalue weighted by atomic mass is 16.2. The van der Waals surface area contributed by atoms with Crippen molar-refractivity contribution in [2.45, 2.75) is 38.8 Å². The number of carbonyl (C=O) groups excluding carboxylic acids is 1. The molecule has 0 aromatic carbocycles. The molecule has 88 valence electrons. The van der Waals surface area contributed by atoms with Crippen LogP contribution in [0.25, 0.3) is 0 Å². The predicted octanol–water partition coefficient (Wildman–Crippen LogP) is 0.276. The molecule has 4 heteroatoms. The van der Waals surface area contributed by atoms with Crippen LogP contribution in [0.15, 0.2) is 0 Å². The SMILES string of the molecule is CCN1C(C)CCN(C)C(=O)C1CCN. The Bertz CT molecular complexity index is 220. The number of nitrogens with two attached hydrogens (primary N) is 1. The summed E-state index contributed by atoms with van der Waals surface area (Å²) < 4.78 is 0. The molecule has 2 unspecified atom stereocenters. The van der Waals surface area contributed by atoms with Gasteiger partial charge in [-0.3, -0.25) is 9.69 Å². The van der Waals surface area contributed by atoms with Gasteiger partial charge in [0.2, 0.25) is 5.91 Å². The summed E-state index contributed by atoms with van der Waals surface area (Å²) in [6, 6.07) is 0.461. The zero-order valence-electron chi connectivity index (χ0n) is 10.1. The maximum absolute atomic E-state index is 12.1. The van der Waals surface area contributed by atoms with E-state index in [1.807, 2.05) is 11.9 Å². The molecule has 1 rings (SSSR count). The van der Waals surface area contributed by atoms with Crippen LogP contribution in [0.5, 0.6) is 0 Å². The molecule has 2 atom stereocenters. The quantitative estimate of drug-likeness (QED) is 0.732. The zero-order valence-corrected chi connectivity index (χ0v) is 10.1. The van der Waals surface area contributed by atoms with E-state index in [1.165, 1.54) is 0 Å². The first-order valence-corrected chi connectivity index (χ1v) is 5.82. The summed E-state index contributed by atoms with van der Waals surface area (Å²) in [5, 5.41) is 0. The lowest BCUT2D eigenvalue weighted by molar-refractivity contribution is -0.134. The van der Waals surface area contributed by atoms with E-state index < -0.39 is 0 Å². The van der Waals surface area contributed by atoms with Gasteiger partial charge in [0.15, 0.2) is 0 Å². The second-order valence-electron chi connectivity index (χ2n) is 4.32. The molecule has 2 N–H and O–H groups in total. The Kier molecular flexibility index (Phi) is 4.54. The molecule has 1 fully saturated rings. The lowest BCUT2D eigenvalue weighted by Crippen LogP contribution is -2.48. The molecule has 0 aromatic rings. The molecule has 1 amide bonds. The second-order valence-corrected chi connectivity index (χ2v) is 4.32. The van der Waals surface area contributed by atoms with Crippen LogP contribution in [0.4, 0.5) is 0 Å². The number of hydrogen-bond donors (Lipinski definition) is 1. The molecule has 0 saturated carbocycles. The van der Waals surface area contributed by atoms with Crippen molar-refractivity contribution in [1.82, 2.24) is 9.80 Å². The van der Waals surface area contributed by atoms with Crippen LogP contribution in [0.1, 0.15) is 26.7 Å². The van der Waals surface area contributed by atoms with Crippen molar-refractivity contribution in [1.29, 1.82) is 0 Å². The van der Waals surface area contributed by atoms with Crippen LogP contribution >= 0.6 is 0 Å². The van der Waals surface area contributed by atoms with E-state index in [9.17, 15) is 4.79 Å². The van der Waals surface area contributed by atoms with Gasteiger partial charge in [0, 0.05) is 19.6 Å². The molecule has 0 radical (unpaired) electrons. The molecule has 1 heterocycles. The first kappa shape index (κ1) is 12.5. The lowest BCUT2D eigenvalue weighted by Gasteiger charge is -2.32.